The first-order valence-electron chi connectivity index (χ1n) is 9.70. The molecule has 0 aliphatic carbocycles. The van der Waals surface area contributed by atoms with Crippen LogP contribution in [0.1, 0.15) is 67.0 Å². The van der Waals surface area contributed by atoms with Crippen molar-refractivity contribution in [3.63, 3.8) is 0 Å². The van der Waals surface area contributed by atoms with E-state index < -0.39 is 23.4 Å². The van der Waals surface area contributed by atoms with Gasteiger partial charge in [-0.25, -0.2) is 9.59 Å². The van der Waals surface area contributed by atoms with E-state index in [-0.39, 0.29) is 12.0 Å². The quantitative estimate of drug-likeness (QED) is 0.502. The number of anilines is 1. The predicted octanol–water partition coefficient (Wildman–Crippen LogP) is 4.58. The molecule has 0 fully saturated rings. The van der Waals surface area contributed by atoms with Crippen molar-refractivity contribution < 1.29 is 19.1 Å². The fourth-order valence-corrected chi connectivity index (χ4v) is 2.26. The lowest BCUT2D eigenvalue weighted by molar-refractivity contribution is 0.0505. The zero-order valence-corrected chi connectivity index (χ0v) is 18.7. The minimum atomic E-state index is -0.607. The molecule has 3 N–H and O–H groups in total. The molecule has 1 aromatic rings. The summed E-state index contributed by atoms with van der Waals surface area (Å²) in [4.78, 5) is 28.3. The van der Waals surface area contributed by atoms with Crippen molar-refractivity contribution in [3.05, 3.63) is 29.8 Å². The number of nitrogens with one attached hydrogen (secondary N) is 3. The van der Waals surface area contributed by atoms with Crippen LogP contribution in [-0.4, -0.2) is 35.9 Å². The molecule has 0 spiro atoms. The van der Waals surface area contributed by atoms with Crippen LogP contribution in [0.3, 0.4) is 0 Å². The van der Waals surface area contributed by atoms with Crippen LogP contribution < -0.4 is 16.0 Å². The van der Waals surface area contributed by atoms with E-state index in [1.807, 2.05) is 58.9 Å². The Morgan fingerprint density at radius 3 is 2.17 bits per heavy atom. The number of hydrogen-bond acceptors (Lipinski definition) is 5. The Balaban J connectivity index is 2.82. The first-order chi connectivity index (χ1) is 13.3. The Morgan fingerprint density at radius 2 is 1.62 bits per heavy atom. The Bertz CT molecular complexity index is 733. The van der Waals surface area contributed by atoms with E-state index in [2.05, 4.69) is 20.9 Å². The van der Waals surface area contributed by atoms with Gasteiger partial charge in [0, 0.05) is 12.2 Å². The van der Waals surface area contributed by atoms with E-state index in [1.165, 1.54) is 0 Å². The van der Waals surface area contributed by atoms with Crippen molar-refractivity contribution in [2.24, 2.45) is 4.99 Å². The second-order valence-corrected chi connectivity index (χ2v) is 8.57. The van der Waals surface area contributed by atoms with E-state index in [1.54, 1.807) is 20.8 Å². The summed E-state index contributed by atoms with van der Waals surface area (Å²) in [5, 5.41) is 8.50. The number of hydrogen-bond donors (Lipinski definition) is 3. The van der Waals surface area contributed by atoms with E-state index >= 15 is 0 Å². The number of alkyl carbamates (subject to hydrolysis) is 2. The average Bonchev–Trinajstić information content (AvgIpc) is 2.51. The van der Waals surface area contributed by atoms with Crippen LogP contribution in [-0.2, 0) is 9.47 Å². The average molecular weight is 407 g/mol. The lowest BCUT2D eigenvalue weighted by Crippen LogP contribution is -2.40. The molecule has 1 atom stereocenters. The number of guanidine groups is 1. The highest BCUT2D eigenvalue weighted by Gasteiger charge is 2.19. The number of aliphatic imine (C=N–C) groups is 1. The highest BCUT2D eigenvalue weighted by atomic mass is 16.6. The third kappa shape index (κ3) is 10.4. The van der Waals surface area contributed by atoms with Gasteiger partial charge >= 0.3 is 12.2 Å². The van der Waals surface area contributed by atoms with Crippen molar-refractivity contribution in [2.45, 2.75) is 72.6 Å². The molecule has 0 radical (unpaired) electrons. The van der Waals surface area contributed by atoms with Crippen LogP contribution in [0.4, 0.5) is 15.3 Å². The topological polar surface area (TPSA) is 101 Å². The van der Waals surface area contributed by atoms with Crippen LogP contribution in [0.2, 0.25) is 0 Å². The number of ether oxygens (including phenoxy) is 2. The van der Waals surface area contributed by atoms with Gasteiger partial charge in [0.15, 0.2) is 0 Å². The number of carbonyl (C=O) groups excluding carboxylic acids is 2. The molecule has 0 saturated heterocycles. The molecule has 0 aromatic heterocycles. The molecular formula is C21H34N4O4. The second-order valence-electron chi connectivity index (χ2n) is 8.57. The molecule has 8 nitrogen and oxygen atoms in total. The third-order valence-electron chi connectivity index (χ3n) is 3.32. The number of benzene rings is 1. The molecule has 0 bridgehead atoms. The summed E-state index contributed by atoms with van der Waals surface area (Å²) in [6.07, 6.45) is -1.07. The van der Waals surface area contributed by atoms with Crippen molar-refractivity contribution in [3.8, 4) is 0 Å². The second kappa shape index (κ2) is 10.1. The largest absolute Gasteiger partial charge is 0.444 e. The molecule has 1 unspecified atom stereocenters. The van der Waals surface area contributed by atoms with E-state index in [4.69, 9.17) is 9.47 Å². The molecule has 2 amide bonds. The van der Waals surface area contributed by atoms with E-state index in [0.717, 1.165) is 5.56 Å². The molecule has 0 saturated carbocycles. The summed E-state index contributed by atoms with van der Waals surface area (Å²) < 4.78 is 10.6. The number of nitrogens with zero attached hydrogens (tertiary/aromatic N) is 1. The zero-order valence-electron chi connectivity index (χ0n) is 18.7. The minimum absolute atomic E-state index is 0.267. The summed E-state index contributed by atoms with van der Waals surface area (Å²) in [5.41, 5.74) is 0.411. The fraction of sp³-hybridized carbons (Fsp3) is 0.571. The molecule has 162 valence electrons. The molecule has 29 heavy (non-hydrogen) atoms. The van der Waals surface area contributed by atoms with Gasteiger partial charge < -0.3 is 20.1 Å². The van der Waals surface area contributed by atoms with Gasteiger partial charge in [-0.15, -0.1) is 0 Å². The van der Waals surface area contributed by atoms with Crippen molar-refractivity contribution in [1.82, 2.24) is 10.6 Å². The van der Waals surface area contributed by atoms with Crippen LogP contribution >= 0.6 is 0 Å². The highest BCUT2D eigenvalue weighted by Crippen LogP contribution is 2.18. The lowest BCUT2D eigenvalue weighted by Gasteiger charge is -2.22. The summed E-state index contributed by atoms with van der Waals surface area (Å²) in [5.74, 6) is 0.284. The van der Waals surface area contributed by atoms with Gasteiger partial charge in [0.05, 0.1) is 6.04 Å². The van der Waals surface area contributed by atoms with Gasteiger partial charge in [-0.2, -0.15) is 0 Å². The van der Waals surface area contributed by atoms with Gasteiger partial charge in [0.1, 0.15) is 11.2 Å². The molecule has 0 heterocycles. The summed E-state index contributed by atoms with van der Waals surface area (Å²) in [6, 6.07) is 7.18. The zero-order chi connectivity index (χ0) is 22.2. The van der Waals surface area contributed by atoms with Gasteiger partial charge in [-0.3, -0.25) is 10.3 Å². The Labute approximate surface area is 173 Å². The maximum Gasteiger partial charge on any atom is 0.414 e. The maximum atomic E-state index is 12.0. The van der Waals surface area contributed by atoms with Crippen LogP contribution in [0.5, 0.6) is 0 Å². The Hall–Kier alpha value is -2.77. The lowest BCUT2D eigenvalue weighted by atomic mass is 10.1. The normalized spacial score (nSPS) is 13.3. The van der Waals surface area contributed by atoms with Gasteiger partial charge in [-0.1, -0.05) is 12.1 Å². The van der Waals surface area contributed by atoms with Crippen LogP contribution in [0, 0.1) is 0 Å². The standard InChI is InChI=1S/C21H34N4O4/c1-9-22-17(25-19(27)29-21(6,7)8)24-16-12-10-11-15(13-16)14(2)23-18(26)28-20(3,4)5/h10-14H,9H2,1-8H3,(H,23,26)(H2,22,24,25,27). The van der Waals surface area contributed by atoms with Crippen molar-refractivity contribution >= 4 is 23.8 Å². The Morgan fingerprint density at radius 1 is 1.03 bits per heavy atom. The van der Waals surface area contributed by atoms with E-state index in [0.29, 0.717) is 12.2 Å². The van der Waals surface area contributed by atoms with Crippen molar-refractivity contribution in [1.29, 1.82) is 0 Å². The minimum Gasteiger partial charge on any atom is -0.444 e. The van der Waals surface area contributed by atoms with Crippen LogP contribution in [0.15, 0.2) is 29.3 Å². The molecule has 0 aliphatic heterocycles. The Kier molecular flexibility index (Phi) is 8.48. The monoisotopic (exact) mass is 406 g/mol. The van der Waals surface area contributed by atoms with Gasteiger partial charge in [0.25, 0.3) is 0 Å². The van der Waals surface area contributed by atoms with Crippen LogP contribution in [0.25, 0.3) is 0 Å². The van der Waals surface area contributed by atoms with Gasteiger partial charge in [-0.05, 0) is 73.1 Å². The third-order valence-corrected chi connectivity index (χ3v) is 3.32. The summed E-state index contributed by atoms with van der Waals surface area (Å²) >= 11 is 0. The highest BCUT2D eigenvalue weighted by molar-refractivity contribution is 6.02. The predicted molar refractivity (Wildman–Crippen MR) is 115 cm³/mol. The number of amides is 2. The number of rotatable bonds is 4. The smallest absolute Gasteiger partial charge is 0.414 e. The summed E-state index contributed by atoms with van der Waals surface area (Å²) in [7, 11) is 0. The molecule has 0 aliphatic rings. The molecule has 8 heteroatoms. The van der Waals surface area contributed by atoms with Crippen molar-refractivity contribution in [2.75, 3.05) is 11.9 Å². The maximum absolute atomic E-state index is 12.0. The van der Waals surface area contributed by atoms with Gasteiger partial charge in [0.2, 0.25) is 5.96 Å². The summed E-state index contributed by atoms with van der Waals surface area (Å²) in [6.45, 7) is 15.0. The first-order valence-corrected chi connectivity index (χ1v) is 9.70. The fourth-order valence-electron chi connectivity index (χ4n) is 2.26. The molecule has 1 rings (SSSR count). The number of carbonyl (C=O) groups is 2. The first kappa shape index (κ1) is 24.3. The SMILES string of the molecule is CCN=C(NC(=O)OC(C)(C)C)Nc1cccc(C(C)NC(=O)OC(C)(C)C)c1. The molecular weight excluding hydrogens is 372 g/mol. The van der Waals surface area contributed by atoms with E-state index in [9.17, 15) is 9.59 Å². The molecule has 1 aromatic carbocycles.